The van der Waals surface area contributed by atoms with Crippen molar-refractivity contribution in [3.63, 3.8) is 0 Å². The summed E-state index contributed by atoms with van der Waals surface area (Å²) in [6.45, 7) is 7.12. The number of hydrogen-bond acceptors (Lipinski definition) is 3. The number of rotatable bonds is 6. The molecule has 0 unspecified atom stereocenters. The van der Waals surface area contributed by atoms with Crippen LogP contribution in [-0.4, -0.2) is 32.3 Å². The molecule has 2 N–H and O–H groups in total. The van der Waals surface area contributed by atoms with Gasteiger partial charge in [0, 0.05) is 42.6 Å². The lowest BCUT2D eigenvalue weighted by atomic mass is 9.97. The number of fused-ring (bicyclic) bond motifs is 2. The van der Waals surface area contributed by atoms with Crippen molar-refractivity contribution in [2.24, 2.45) is 5.92 Å². The Morgan fingerprint density at radius 1 is 1.17 bits per heavy atom. The second kappa shape index (κ2) is 7.11. The van der Waals surface area contributed by atoms with Gasteiger partial charge >= 0.3 is 6.03 Å². The summed E-state index contributed by atoms with van der Waals surface area (Å²) in [5.74, 6) is 2.63. The number of hydrogen-bond donors (Lipinski definition) is 2. The van der Waals surface area contributed by atoms with Gasteiger partial charge in [0.2, 0.25) is 0 Å². The molecule has 23 heavy (non-hydrogen) atoms. The predicted octanol–water partition coefficient (Wildman–Crippen LogP) is 2.44. The molecule has 0 fully saturated rings. The number of urea groups is 1. The van der Waals surface area contributed by atoms with E-state index < -0.39 is 0 Å². The molecule has 1 aromatic carbocycles. The van der Waals surface area contributed by atoms with Crippen molar-refractivity contribution in [1.29, 1.82) is 0 Å². The molecule has 5 heteroatoms. The van der Waals surface area contributed by atoms with Crippen LogP contribution in [0.5, 0.6) is 11.5 Å². The Morgan fingerprint density at radius 2 is 1.96 bits per heavy atom. The Kier molecular flexibility index (Phi) is 4.94. The first-order chi connectivity index (χ1) is 11.1. The highest BCUT2D eigenvalue weighted by Gasteiger charge is 2.26. The first-order valence-corrected chi connectivity index (χ1v) is 8.60. The van der Waals surface area contributed by atoms with Crippen molar-refractivity contribution < 1.29 is 14.3 Å². The second-order valence-corrected chi connectivity index (χ2v) is 6.63. The molecule has 2 aliphatic rings. The smallest absolute Gasteiger partial charge is 0.314 e. The Labute approximate surface area is 137 Å². The molecule has 2 amide bonds. The van der Waals surface area contributed by atoms with E-state index in [4.69, 9.17) is 9.47 Å². The SMILES string of the molecule is CC(C)CCNC(=O)NCCc1c2c(cc3c1OCC3)OCC2. The fraction of sp³-hybridized carbons (Fsp3) is 0.611. The fourth-order valence-electron chi connectivity index (χ4n) is 3.19. The van der Waals surface area contributed by atoms with Gasteiger partial charge in [-0.3, -0.25) is 0 Å². The largest absolute Gasteiger partial charge is 0.493 e. The lowest BCUT2D eigenvalue weighted by molar-refractivity contribution is 0.240. The van der Waals surface area contributed by atoms with Crippen LogP contribution in [0.4, 0.5) is 4.79 Å². The summed E-state index contributed by atoms with van der Waals surface area (Å²) in [5, 5.41) is 5.84. The van der Waals surface area contributed by atoms with E-state index in [2.05, 4.69) is 30.5 Å². The quantitative estimate of drug-likeness (QED) is 0.847. The minimum absolute atomic E-state index is 0.0907. The van der Waals surface area contributed by atoms with Crippen molar-refractivity contribution in [2.75, 3.05) is 26.3 Å². The minimum Gasteiger partial charge on any atom is -0.493 e. The fourth-order valence-corrected chi connectivity index (χ4v) is 3.19. The second-order valence-electron chi connectivity index (χ2n) is 6.63. The topological polar surface area (TPSA) is 59.6 Å². The molecule has 1 aromatic rings. The molecule has 0 bridgehead atoms. The van der Waals surface area contributed by atoms with Gasteiger partial charge in [0.15, 0.2) is 0 Å². The van der Waals surface area contributed by atoms with Crippen LogP contribution in [0.3, 0.4) is 0 Å². The van der Waals surface area contributed by atoms with E-state index in [-0.39, 0.29) is 6.03 Å². The van der Waals surface area contributed by atoms with Crippen molar-refractivity contribution in [2.45, 2.75) is 39.5 Å². The van der Waals surface area contributed by atoms with Gasteiger partial charge in [-0.05, 0) is 24.8 Å². The third kappa shape index (κ3) is 3.71. The zero-order chi connectivity index (χ0) is 16.2. The molecule has 3 rings (SSSR count). The lowest BCUT2D eigenvalue weighted by Crippen LogP contribution is -2.37. The maximum atomic E-state index is 11.8. The summed E-state index contributed by atoms with van der Waals surface area (Å²) in [7, 11) is 0. The maximum absolute atomic E-state index is 11.8. The Bertz CT molecular complexity index is 552. The van der Waals surface area contributed by atoms with Crippen LogP contribution < -0.4 is 20.1 Å². The Morgan fingerprint density at radius 3 is 2.78 bits per heavy atom. The Hall–Kier alpha value is -1.91. The molecule has 0 saturated carbocycles. The zero-order valence-electron chi connectivity index (χ0n) is 14.0. The van der Waals surface area contributed by atoms with Crippen molar-refractivity contribution in [3.8, 4) is 11.5 Å². The summed E-state index contributed by atoms with van der Waals surface area (Å²) in [6.07, 6.45) is 3.66. The van der Waals surface area contributed by atoms with E-state index in [0.29, 0.717) is 12.5 Å². The van der Waals surface area contributed by atoms with Gasteiger partial charge in [-0.15, -0.1) is 0 Å². The monoisotopic (exact) mass is 318 g/mol. The van der Waals surface area contributed by atoms with Crippen molar-refractivity contribution in [3.05, 3.63) is 22.8 Å². The van der Waals surface area contributed by atoms with Crippen LogP contribution in [0, 0.1) is 5.92 Å². The summed E-state index contributed by atoms with van der Waals surface area (Å²) in [5.41, 5.74) is 3.71. The summed E-state index contributed by atoms with van der Waals surface area (Å²) in [6, 6.07) is 2.03. The van der Waals surface area contributed by atoms with Crippen LogP contribution in [0.15, 0.2) is 6.07 Å². The van der Waals surface area contributed by atoms with Gasteiger partial charge < -0.3 is 20.1 Å². The molecule has 0 saturated heterocycles. The lowest BCUT2D eigenvalue weighted by Gasteiger charge is -2.14. The van der Waals surface area contributed by atoms with Crippen LogP contribution in [-0.2, 0) is 19.3 Å². The molecule has 0 aromatic heterocycles. The number of carbonyl (C=O) groups excluding carboxylic acids is 1. The van der Waals surface area contributed by atoms with Crippen LogP contribution >= 0.6 is 0 Å². The molecule has 2 heterocycles. The summed E-state index contributed by atoms with van der Waals surface area (Å²) < 4.78 is 11.5. The first-order valence-electron chi connectivity index (χ1n) is 8.60. The third-order valence-electron chi connectivity index (χ3n) is 4.43. The highest BCUT2D eigenvalue weighted by atomic mass is 16.5. The Balaban J connectivity index is 1.56. The zero-order valence-corrected chi connectivity index (χ0v) is 14.0. The van der Waals surface area contributed by atoms with E-state index in [9.17, 15) is 4.79 Å². The average Bonchev–Trinajstić information content (AvgIpc) is 3.14. The van der Waals surface area contributed by atoms with Gasteiger partial charge in [0.25, 0.3) is 0 Å². The molecule has 0 aliphatic carbocycles. The van der Waals surface area contributed by atoms with Crippen LogP contribution in [0.1, 0.15) is 37.0 Å². The normalized spacial score (nSPS) is 14.9. The van der Waals surface area contributed by atoms with Gasteiger partial charge in [-0.25, -0.2) is 4.79 Å². The van der Waals surface area contributed by atoms with E-state index >= 15 is 0 Å². The molecular weight excluding hydrogens is 292 g/mol. The number of nitrogens with one attached hydrogen (secondary N) is 2. The minimum atomic E-state index is -0.0907. The summed E-state index contributed by atoms with van der Waals surface area (Å²) >= 11 is 0. The third-order valence-corrected chi connectivity index (χ3v) is 4.43. The van der Waals surface area contributed by atoms with E-state index in [1.165, 1.54) is 16.7 Å². The molecular formula is C18H26N2O3. The van der Waals surface area contributed by atoms with Crippen LogP contribution in [0.2, 0.25) is 0 Å². The molecule has 0 atom stereocenters. The van der Waals surface area contributed by atoms with E-state index in [1.807, 2.05) is 0 Å². The molecule has 0 radical (unpaired) electrons. The highest BCUT2D eigenvalue weighted by Crippen LogP contribution is 2.40. The van der Waals surface area contributed by atoms with Gasteiger partial charge in [-0.1, -0.05) is 13.8 Å². The number of ether oxygens (including phenoxy) is 2. The van der Waals surface area contributed by atoms with Crippen molar-refractivity contribution in [1.82, 2.24) is 10.6 Å². The maximum Gasteiger partial charge on any atom is 0.314 e. The van der Waals surface area contributed by atoms with Gasteiger partial charge in [-0.2, -0.15) is 0 Å². The molecule has 0 spiro atoms. The molecule has 5 nitrogen and oxygen atoms in total. The summed E-state index contributed by atoms with van der Waals surface area (Å²) in [4.78, 5) is 11.8. The number of carbonyl (C=O) groups is 1. The average molecular weight is 318 g/mol. The molecule has 126 valence electrons. The predicted molar refractivity (Wildman–Crippen MR) is 89.4 cm³/mol. The number of amides is 2. The van der Waals surface area contributed by atoms with Gasteiger partial charge in [0.05, 0.1) is 13.2 Å². The van der Waals surface area contributed by atoms with Gasteiger partial charge in [0.1, 0.15) is 11.5 Å². The van der Waals surface area contributed by atoms with E-state index in [1.54, 1.807) is 0 Å². The van der Waals surface area contributed by atoms with E-state index in [0.717, 1.165) is 56.9 Å². The number of benzene rings is 1. The van der Waals surface area contributed by atoms with Crippen LogP contribution in [0.25, 0.3) is 0 Å². The standard InChI is InChI=1S/C18H26N2O3/c1-12(2)3-7-19-18(21)20-8-4-15-14-6-10-22-16(14)11-13-5-9-23-17(13)15/h11-12H,3-10H2,1-2H3,(H2,19,20,21). The first kappa shape index (κ1) is 16.0. The molecule has 2 aliphatic heterocycles. The van der Waals surface area contributed by atoms with Crippen molar-refractivity contribution >= 4 is 6.03 Å². The highest BCUT2D eigenvalue weighted by molar-refractivity contribution is 5.73.